The van der Waals surface area contributed by atoms with E-state index in [9.17, 15) is 0 Å². The summed E-state index contributed by atoms with van der Waals surface area (Å²) in [6, 6.07) is 11.0. The quantitative estimate of drug-likeness (QED) is 0.891. The molecule has 0 bridgehead atoms. The van der Waals surface area contributed by atoms with Gasteiger partial charge in [-0.15, -0.1) is 0 Å². The van der Waals surface area contributed by atoms with Crippen LogP contribution in [0, 0.1) is 0 Å². The van der Waals surface area contributed by atoms with Gasteiger partial charge in [-0.1, -0.05) is 30.3 Å². The summed E-state index contributed by atoms with van der Waals surface area (Å²) < 4.78 is 1.85. The van der Waals surface area contributed by atoms with E-state index < -0.39 is 0 Å². The Morgan fingerprint density at radius 1 is 1.32 bits per heavy atom. The van der Waals surface area contributed by atoms with Crippen molar-refractivity contribution in [1.82, 2.24) is 9.78 Å². The van der Waals surface area contributed by atoms with Crippen LogP contribution in [0.15, 0.2) is 42.7 Å². The first-order chi connectivity index (χ1) is 9.21. The molecule has 3 nitrogen and oxygen atoms in total. The van der Waals surface area contributed by atoms with Gasteiger partial charge in [-0.05, 0) is 36.8 Å². The molecule has 1 saturated carbocycles. The molecule has 1 unspecified atom stereocenters. The molecule has 0 saturated heterocycles. The lowest BCUT2D eigenvalue weighted by Gasteiger charge is -2.23. The van der Waals surface area contributed by atoms with Gasteiger partial charge in [0.05, 0.1) is 6.20 Å². The number of nitrogens with two attached hydrogens (primary N) is 1. The van der Waals surface area contributed by atoms with Gasteiger partial charge in [0.1, 0.15) is 0 Å². The lowest BCUT2D eigenvalue weighted by molar-refractivity contribution is 0.485. The summed E-state index contributed by atoms with van der Waals surface area (Å²) in [5.41, 5.74) is 9.40. The second-order valence-corrected chi connectivity index (χ2v) is 5.69. The minimum atomic E-state index is 0.240. The minimum absolute atomic E-state index is 0.240. The molecule has 1 atom stereocenters. The number of hydrogen-bond donors (Lipinski definition) is 1. The van der Waals surface area contributed by atoms with Crippen molar-refractivity contribution in [2.75, 3.05) is 0 Å². The molecule has 19 heavy (non-hydrogen) atoms. The fourth-order valence-corrected chi connectivity index (χ4v) is 2.98. The first-order valence-electron chi connectivity index (χ1n) is 6.99. The van der Waals surface area contributed by atoms with E-state index in [0.29, 0.717) is 0 Å². The van der Waals surface area contributed by atoms with Crippen LogP contribution in [-0.2, 0) is 18.9 Å². The standard InChI is InChI=1S/C16H21N3/c1-19-12-13(11-18-19)7-8-15(17)16(9-10-16)14-5-3-2-4-6-14/h2-6,11-12,15H,7-10,17H2,1H3. The van der Waals surface area contributed by atoms with E-state index in [-0.39, 0.29) is 11.5 Å². The Labute approximate surface area is 114 Å². The van der Waals surface area contributed by atoms with Crippen LogP contribution >= 0.6 is 0 Å². The molecule has 1 aromatic heterocycles. The van der Waals surface area contributed by atoms with Crippen LogP contribution in [0.3, 0.4) is 0 Å². The number of benzene rings is 1. The zero-order chi connectivity index (χ0) is 13.3. The van der Waals surface area contributed by atoms with E-state index in [1.54, 1.807) is 0 Å². The van der Waals surface area contributed by atoms with E-state index in [1.807, 2.05) is 17.9 Å². The Bertz CT molecular complexity index is 540. The van der Waals surface area contributed by atoms with Crippen LogP contribution in [0.4, 0.5) is 0 Å². The van der Waals surface area contributed by atoms with Gasteiger partial charge in [-0.25, -0.2) is 0 Å². The van der Waals surface area contributed by atoms with Gasteiger partial charge in [0.2, 0.25) is 0 Å². The van der Waals surface area contributed by atoms with E-state index in [2.05, 4.69) is 41.6 Å². The smallest absolute Gasteiger partial charge is 0.0521 e. The molecule has 1 heterocycles. The SMILES string of the molecule is Cn1cc(CCC(N)C2(c3ccccc3)CC2)cn1. The van der Waals surface area contributed by atoms with Crippen LogP contribution in [0.1, 0.15) is 30.4 Å². The van der Waals surface area contributed by atoms with Crippen LogP contribution in [0.5, 0.6) is 0 Å². The summed E-state index contributed by atoms with van der Waals surface area (Å²) in [5.74, 6) is 0. The number of hydrogen-bond acceptors (Lipinski definition) is 2. The summed E-state index contributed by atoms with van der Waals surface area (Å²) >= 11 is 0. The molecule has 2 N–H and O–H groups in total. The summed E-state index contributed by atoms with van der Waals surface area (Å²) in [4.78, 5) is 0. The highest BCUT2D eigenvalue weighted by Crippen LogP contribution is 2.51. The van der Waals surface area contributed by atoms with Gasteiger partial charge in [0.25, 0.3) is 0 Å². The Balaban J connectivity index is 1.66. The Kier molecular flexibility index (Phi) is 3.15. The Morgan fingerprint density at radius 2 is 2.05 bits per heavy atom. The molecule has 2 aromatic rings. The van der Waals surface area contributed by atoms with Gasteiger partial charge in [-0.3, -0.25) is 4.68 Å². The molecule has 1 aromatic carbocycles. The van der Waals surface area contributed by atoms with Gasteiger partial charge in [-0.2, -0.15) is 5.10 Å². The summed E-state index contributed by atoms with van der Waals surface area (Å²) in [5, 5.41) is 4.21. The highest BCUT2D eigenvalue weighted by atomic mass is 15.2. The second kappa shape index (κ2) is 4.82. The average molecular weight is 255 g/mol. The van der Waals surface area contributed by atoms with Crippen molar-refractivity contribution >= 4 is 0 Å². The lowest BCUT2D eigenvalue weighted by atomic mass is 9.85. The zero-order valence-corrected chi connectivity index (χ0v) is 11.4. The Hall–Kier alpha value is -1.61. The third-order valence-corrected chi connectivity index (χ3v) is 4.35. The number of rotatable bonds is 5. The molecule has 0 aliphatic heterocycles. The van der Waals surface area contributed by atoms with E-state index in [0.717, 1.165) is 12.8 Å². The first-order valence-corrected chi connectivity index (χ1v) is 6.99. The molecule has 3 rings (SSSR count). The van der Waals surface area contributed by atoms with Crippen LogP contribution in [-0.4, -0.2) is 15.8 Å². The van der Waals surface area contributed by atoms with E-state index in [1.165, 1.54) is 24.0 Å². The molecular weight excluding hydrogens is 234 g/mol. The third kappa shape index (κ3) is 2.43. The van der Waals surface area contributed by atoms with Crippen LogP contribution < -0.4 is 5.73 Å². The van der Waals surface area contributed by atoms with Crippen molar-refractivity contribution in [1.29, 1.82) is 0 Å². The second-order valence-electron chi connectivity index (χ2n) is 5.69. The topological polar surface area (TPSA) is 43.8 Å². The number of aryl methyl sites for hydroxylation is 2. The molecule has 1 aliphatic rings. The van der Waals surface area contributed by atoms with E-state index in [4.69, 9.17) is 5.73 Å². The van der Waals surface area contributed by atoms with Crippen molar-refractivity contribution in [3.05, 3.63) is 53.9 Å². The van der Waals surface area contributed by atoms with Crippen molar-refractivity contribution in [3.63, 3.8) is 0 Å². The fourth-order valence-electron chi connectivity index (χ4n) is 2.98. The Morgan fingerprint density at radius 3 is 2.63 bits per heavy atom. The molecule has 0 amide bonds. The molecule has 3 heteroatoms. The maximum Gasteiger partial charge on any atom is 0.0521 e. The first kappa shape index (κ1) is 12.4. The summed E-state index contributed by atoms with van der Waals surface area (Å²) in [7, 11) is 1.95. The maximum atomic E-state index is 6.47. The van der Waals surface area contributed by atoms with Gasteiger partial charge in [0.15, 0.2) is 0 Å². The van der Waals surface area contributed by atoms with Crippen LogP contribution in [0.2, 0.25) is 0 Å². The summed E-state index contributed by atoms with van der Waals surface area (Å²) in [6.45, 7) is 0. The highest BCUT2D eigenvalue weighted by molar-refractivity contribution is 5.33. The molecule has 0 radical (unpaired) electrons. The van der Waals surface area contributed by atoms with Crippen molar-refractivity contribution in [2.45, 2.75) is 37.1 Å². The van der Waals surface area contributed by atoms with E-state index >= 15 is 0 Å². The van der Waals surface area contributed by atoms with Gasteiger partial charge >= 0.3 is 0 Å². The minimum Gasteiger partial charge on any atom is -0.327 e. The molecule has 100 valence electrons. The number of aromatic nitrogens is 2. The van der Waals surface area contributed by atoms with Gasteiger partial charge < -0.3 is 5.73 Å². The van der Waals surface area contributed by atoms with Crippen molar-refractivity contribution in [2.24, 2.45) is 12.8 Å². The predicted molar refractivity (Wildman–Crippen MR) is 76.9 cm³/mol. The average Bonchev–Trinajstić information content (AvgIpc) is 3.15. The van der Waals surface area contributed by atoms with Crippen molar-refractivity contribution in [3.8, 4) is 0 Å². The predicted octanol–water partition coefficient (Wildman–Crippen LogP) is 2.41. The largest absolute Gasteiger partial charge is 0.327 e. The molecule has 1 fully saturated rings. The zero-order valence-electron chi connectivity index (χ0n) is 11.4. The molecule has 1 aliphatic carbocycles. The normalized spacial score (nSPS) is 18.2. The molecular formula is C16H21N3. The number of nitrogens with zero attached hydrogens (tertiary/aromatic N) is 2. The van der Waals surface area contributed by atoms with Crippen LogP contribution in [0.25, 0.3) is 0 Å². The fraction of sp³-hybridized carbons (Fsp3) is 0.438. The maximum absolute atomic E-state index is 6.47. The van der Waals surface area contributed by atoms with Crippen molar-refractivity contribution < 1.29 is 0 Å². The monoisotopic (exact) mass is 255 g/mol. The highest BCUT2D eigenvalue weighted by Gasteiger charge is 2.48. The third-order valence-electron chi connectivity index (χ3n) is 4.35. The van der Waals surface area contributed by atoms with Gasteiger partial charge in [0, 0.05) is 24.7 Å². The summed E-state index contributed by atoms with van der Waals surface area (Å²) in [6.07, 6.45) is 8.52. The molecule has 0 spiro atoms. The lowest BCUT2D eigenvalue weighted by Crippen LogP contribution is -2.35.